The molecule has 0 radical (unpaired) electrons. The summed E-state index contributed by atoms with van der Waals surface area (Å²) in [6.07, 6.45) is 0.218. The molecule has 1 aromatic carbocycles. The van der Waals surface area contributed by atoms with Crippen molar-refractivity contribution in [2.45, 2.75) is 19.4 Å². The predicted octanol–water partition coefficient (Wildman–Crippen LogP) is 4.43. The molecule has 0 aliphatic carbocycles. The predicted molar refractivity (Wildman–Crippen MR) is 90.3 cm³/mol. The van der Waals surface area contributed by atoms with Gasteiger partial charge < -0.3 is 10.2 Å². The molecule has 2 amide bonds. The molecule has 114 valence electrons. The number of fused-ring (bicyclic) bond motifs is 1. The highest BCUT2D eigenvalue weighted by molar-refractivity contribution is 7.20. The van der Waals surface area contributed by atoms with E-state index in [9.17, 15) is 9.59 Å². The number of halogens is 2. The van der Waals surface area contributed by atoms with Crippen LogP contribution in [0, 0.1) is 0 Å². The van der Waals surface area contributed by atoms with Gasteiger partial charge >= 0.3 is 0 Å². The summed E-state index contributed by atoms with van der Waals surface area (Å²) in [7, 11) is 0. The number of benzene rings is 1. The van der Waals surface area contributed by atoms with Crippen molar-refractivity contribution in [3.05, 3.63) is 44.6 Å². The maximum Gasteiger partial charge on any atom is 0.261 e. The van der Waals surface area contributed by atoms with Gasteiger partial charge in [0.15, 0.2) is 0 Å². The molecule has 22 heavy (non-hydrogen) atoms. The molecule has 1 aromatic heterocycles. The van der Waals surface area contributed by atoms with Gasteiger partial charge in [0.1, 0.15) is 4.34 Å². The van der Waals surface area contributed by atoms with Gasteiger partial charge in [-0.25, -0.2) is 0 Å². The van der Waals surface area contributed by atoms with Crippen molar-refractivity contribution in [2.75, 3.05) is 10.2 Å². The Hall–Kier alpha value is -1.56. The van der Waals surface area contributed by atoms with Crippen LogP contribution >= 0.6 is 34.5 Å². The third-order valence-electron chi connectivity index (χ3n) is 3.47. The number of thiophene rings is 1. The SMILES string of the molecule is C[C@H]1CC(=O)Nc2ccccc2N1C(=O)c1cc(Cl)sc1Cl. The average molecular weight is 355 g/mol. The Morgan fingerprint density at radius 3 is 2.77 bits per heavy atom. The Labute approximate surface area is 141 Å². The molecule has 1 N–H and O–H groups in total. The molecule has 2 heterocycles. The highest BCUT2D eigenvalue weighted by Gasteiger charge is 2.31. The van der Waals surface area contributed by atoms with Gasteiger partial charge in [-0.15, -0.1) is 11.3 Å². The molecule has 7 heteroatoms. The lowest BCUT2D eigenvalue weighted by Crippen LogP contribution is -2.39. The summed E-state index contributed by atoms with van der Waals surface area (Å²) in [5.74, 6) is -0.380. The minimum Gasteiger partial charge on any atom is -0.324 e. The van der Waals surface area contributed by atoms with Gasteiger partial charge in [0, 0.05) is 12.5 Å². The Balaban J connectivity index is 2.10. The number of anilines is 2. The van der Waals surface area contributed by atoms with Crippen molar-refractivity contribution >= 4 is 57.7 Å². The zero-order valence-electron chi connectivity index (χ0n) is 11.6. The van der Waals surface area contributed by atoms with E-state index in [4.69, 9.17) is 23.2 Å². The fraction of sp³-hybridized carbons (Fsp3) is 0.200. The lowest BCUT2D eigenvalue weighted by Gasteiger charge is -2.27. The van der Waals surface area contributed by atoms with Crippen LogP contribution in [0.4, 0.5) is 11.4 Å². The zero-order valence-corrected chi connectivity index (χ0v) is 13.9. The average Bonchev–Trinajstić information content (AvgIpc) is 2.72. The van der Waals surface area contributed by atoms with E-state index >= 15 is 0 Å². The second-order valence-corrected chi connectivity index (χ2v) is 7.32. The van der Waals surface area contributed by atoms with Gasteiger partial charge in [0.2, 0.25) is 5.91 Å². The van der Waals surface area contributed by atoms with Crippen LogP contribution in [-0.4, -0.2) is 17.9 Å². The Kier molecular flexibility index (Phi) is 4.12. The molecule has 0 fully saturated rings. The molecule has 0 unspecified atom stereocenters. The summed E-state index contributed by atoms with van der Waals surface area (Å²) >= 11 is 13.2. The van der Waals surface area contributed by atoms with Gasteiger partial charge in [0.25, 0.3) is 5.91 Å². The number of rotatable bonds is 1. The maximum atomic E-state index is 12.9. The molecule has 0 saturated heterocycles. The fourth-order valence-electron chi connectivity index (χ4n) is 2.51. The van der Waals surface area contributed by atoms with Gasteiger partial charge in [0.05, 0.1) is 21.3 Å². The molecule has 0 bridgehead atoms. The quantitative estimate of drug-likeness (QED) is 0.823. The van der Waals surface area contributed by atoms with E-state index in [-0.39, 0.29) is 24.3 Å². The molecule has 4 nitrogen and oxygen atoms in total. The first-order chi connectivity index (χ1) is 10.5. The fourth-order valence-corrected chi connectivity index (χ4v) is 3.96. The first-order valence-corrected chi connectivity index (χ1v) is 8.22. The number of hydrogen-bond acceptors (Lipinski definition) is 3. The van der Waals surface area contributed by atoms with Crippen LogP contribution in [0.15, 0.2) is 30.3 Å². The Morgan fingerprint density at radius 1 is 1.36 bits per heavy atom. The van der Waals surface area contributed by atoms with E-state index in [1.54, 1.807) is 23.1 Å². The number of hydrogen-bond donors (Lipinski definition) is 1. The molecular formula is C15H12Cl2N2O2S. The summed E-state index contributed by atoms with van der Waals surface area (Å²) in [4.78, 5) is 26.4. The monoisotopic (exact) mass is 354 g/mol. The van der Waals surface area contributed by atoms with E-state index in [1.165, 1.54) is 0 Å². The van der Waals surface area contributed by atoms with E-state index in [1.807, 2.05) is 19.1 Å². The second kappa shape index (κ2) is 5.91. The zero-order chi connectivity index (χ0) is 15.9. The first kappa shape index (κ1) is 15.3. The second-order valence-electron chi connectivity index (χ2n) is 5.03. The molecule has 2 aromatic rings. The normalized spacial score (nSPS) is 17.7. The summed E-state index contributed by atoms with van der Waals surface area (Å²) in [5, 5.41) is 2.82. The van der Waals surface area contributed by atoms with Gasteiger partial charge in [-0.3, -0.25) is 9.59 Å². The lowest BCUT2D eigenvalue weighted by atomic mass is 10.1. The van der Waals surface area contributed by atoms with Crippen LogP contribution in [0.2, 0.25) is 8.67 Å². The minimum atomic E-state index is -0.286. The number of para-hydroxylation sites is 2. The number of amides is 2. The summed E-state index contributed by atoms with van der Waals surface area (Å²) in [6.45, 7) is 1.83. The molecule has 1 aliphatic rings. The Bertz CT molecular complexity index is 760. The number of carbonyl (C=O) groups is 2. The van der Waals surface area contributed by atoms with Crippen molar-refractivity contribution in [1.29, 1.82) is 0 Å². The largest absolute Gasteiger partial charge is 0.324 e. The van der Waals surface area contributed by atoms with Crippen LogP contribution in [-0.2, 0) is 4.79 Å². The molecule has 1 atom stereocenters. The summed E-state index contributed by atoms with van der Waals surface area (Å²) in [5.41, 5.74) is 1.62. The smallest absolute Gasteiger partial charge is 0.261 e. The molecular weight excluding hydrogens is 343 g/mol. The van der Waals surface area contributed by atoms with Crippen LogP contribution in [0.25, 0.3) is 0 Å². The summed E-state index contributed by atoms with van der Waals surface area (Å²) < 4.78 is 0.807. The van der Waals surface area contributed by atoms with Crippen LogP contribution < -0.4 is 10.2 Å². The molecule has 0 spiro atoms. The van der Waals surface area contributed by atoms with E-state index < -0.39 is 0 Å². The maximum absolute atomic E-state index is 12.9. The van der Waals surface area contributed by atoms with Crippen molar-refractivity contribution in [3.8, 4) is 0 Å². The van der Waals surface area contributed by atoms with E-state index in [2.05, 4.69) is 5.32 Å². The van der Waals surface area contributed by atoms with Gasteiger partial charge in [-0.05, 0) is 25.1 Å². The van der Waals surface area contributed by atoms with Crippen LogP contribution in [0.3, 0.4) is 0 Å². The number of nitrogens with one attached hydrogen (secondary N) is 1. The van der Waals surface area contributed by atoms with Gasteiger partial charge in [-0.2, -0.15) is 0 Å². The minimum absolute atomic E-state index is 0.121. The molecule has 3 rings (SSSR count). The lowest BCUT2D eigenvalue weighted by molar-refractivity contribution is -0.116. The third kappa shape index (κ3) is 2.72. The molecule has 1 aliphatic heterocycles. The molecule has 0 saturated carbocycles. The van der Waals surface area contributed by atoms with E-state index in [0.29, 0.717) is 25.6 Å². The third-order valence-corrected chi connectivity index (χ3v) is 4.95. The van der Waals surface area contributed by atoms with Crippen LogP contribution in [0.1, 0.15) is 23.7 Å². The summed E-state index contributed by atoms with van der Waals surface area (Å²) in [6, 6.07) is 8.49. The Morgan fingerprint density at radius 2 is 2.09 bits per heavy atom. The van der Waals surface area contributed by atoms with Crippen molar-refractivity contribution in [3.63, 3.8) is 0 Å². The standard InChI is InChI=1S/C15H12Cl2N2O2S/c1-8-6-13(20)18-10-4-2-3-5-11(10)19(8)15(21)9-7-12(16)22-14(9)17/h2-5,7-8H,6H2,1H3,(H,18,20)/t8-/m0/s1. The van der Waals surface area contributed by atoms with Crippen molar-refractivity contribution in [2.24, 2.45) is 0 Å². The van der Waals surface area contributed by atoms with E-state index in [0.717, 1.165) is 11.3 Å². The highest BCUT2D eigenvalue weighted by atomic mass is 35.5. The van der Waals surface area contributed by atoms with Crippen molar-refractivity contribution in [1.82, 2.24) is 0 Å². The van der Waals surface area contributed by atoms with Crippen LogP contribution in [0.5, 0.6) is 0 Å². The highest BCUT2D eigenvalue weighted by Crippen LogP contribution is 2.36. The van der Waals surface area contributed by atoms with Crippen molar-refractivity contribution < 1.29 is 9.59 Å². The topological polar surface area (TPSA) is 49.4 Å². The number of carbonyl (C=O) groups excluding carboxylic acids is 2. The van der Waals surface area contributed by atoms with Gasteiger partial charge in [-0.1, -0.05) is 35.3 Å². The number of nitrogens with zero attached hydrogens (tertiary/aromatic N) is 1. The first-order valence-electron chi connectivity index (χ1n) is 6.64.